The molecule has 2 heterocycles. The van der Waals surface area contributed by atoms with E-state index in [0.717, 1.165) is 48.2 Å². The first kappa shape index (κ1) is 26.7. The number of guanidine groups is 1. The molecule has 7 nitrogen and oxygen atoms in total. The van der Waals surface area contributed by atoms with E-state index in [4.69, 9.17) is 9.41 Å². The molecule has 0 bridgehead atoms. The number of halogens is 1. The van der Waals surface area contributed by atoms with Gasteiger partial charge in [0.1, 0.15) is 11.5 Å². The zero-order chi connectivity index (χ0) is 22.4. The third-order valence-electron chi connectivity index (χ3n) is 5.54. The smallest absolute Gasteiger partial charge is 0.191 e. The van der Waals surface area contributed by atoms with Gasteiger partial charge in [-0.1, -0.05) is 12.1 Å². The monoisotopic (exact) mass is 574 g/mol. The largest absolute Gasteiger partial charge is 0.465 e. The molecule has 0 saturated carbocycles. The Kier molecular flexibility index (Phi) is 10.0. The Hall–Kier alpha value is -1.59. The molecule has 0 aliphatic carbocycles. The van der Waals surface area contributed by atoms with Crippen molar-refractivity contribution in [1.82, 2.24) is 15.5 Å². The van der Waals surface area contributed by atoms with Gasteiger partial charge in [0, 0.05) is 19.3 Å². The fraction of sp³-hybridized carbons (Fsp3) is 0.522. The zero-order valence-electron chi connectivity index (χ0n) is 19.3. The van der Waals surface area contributed by atoms with E-state index in [1.807, 2.05) is 39.0 Å². The van der Waals surface area contributed by atoms with Gasteiger partial charge >= 0.3 is 0 Å². The number of sulfone groups is 1. The van der Waals surface area contributed by atoms with Crippen LogP contribution >= 0.6 is 24.0 Å². The number of likely N-dealkylation sites (tertiary alicyclic amines) is 1. The first-order valence-corrected chi connectivity index (χ1v) is 12.8. The molecule has 3 rings (SSSR count). The maximum absolute atomic E-state index is 11.8. The van der Waals surface area contributed by atoms with Crippen molar-refractivity contribution in [2.75, 3.05) is 32.4 Å². The highest BCUT2D eigenvalue weighted by molar-refractivity contribution is 14.0. The summed E-state index contributed by atoms with van der Waals surface area (Å²) < 4.78 is 29.6. The second-order valence-corrected chi connectivity index (χ2v) is 10.1. The number of aliphatic imine (C=N–C) groups is 1. The van der Waals surface area contributed by atoms with Gasteiger partial charge in [-0.25, -0.2) is 13.4 Å². The standard InChI is InChI=1S/C23H34N4O3S.HI/c1-5-24-23(25-15-19-9-11-22(17(2)14-19)31(4,28)29)26-16-20(27-12-6-7-13-27)21-10-8-18(3)30-21;/h8-11,14,20H,5-7,12-13,15-16H2,1-4H3,(H2,24,25,26);1H. The Morgan fingerprint density at radius 3 is 2.44 bits per heavy atom. The summed E-state index contributed by atoms with van der Waals surface area (Å²) in [7, 11) is -3.22. The van der Waals surface area contributed by atoms with E-state index in [1.165, 1.54) is 19.1 Å². The third-order valence-corrected chi connectivity index (χ3v) is 6.79. The van der Waals surface area contributed by atoms with Gasteiger partial charge in [0.25, 0.3) is 0 Å². The summed E-state index contributed by atoms with van der Waals surface area (Å²) in [6.07, 6.45) is 3.66. The van der Waals surface area contributed by atoms with Crippen LogP contribution in [0.25, 0.3) is 0 Å². The minimum absolute atomic E-state index is 0. The molecule has 1 aliphatic rings. The van der Waals surface area contributed by atoms with Crippen LogP contribution < -0.4 is 10.6 Å². The molecule has 1 aromatic heterocycles. The van der Waals surface area contributed by atoms with Crippen molar-refractivity contribution in [3.05, 3.63) is 53.0 Å². The lowest BCUT2D eigenvalue weighted by atomic mass is 10.1. The van der Waals surface area contributed by atoms with Crippen molar-refractivity contribution in [1.29, 1.82) is 0 Å². The molecule has 2 aromatic rings. The Balaban J connectivity index is 0.00000363. The van der Waals surface area contributed by atoms with Gasteiger partial charge in [-0.2, -0.15) is 0 Å². The van der Waals surface area contributed by atoms with Gasteiger partial charge < -0.3 is 15.1 Å². The molecule has 1 atom stereocenters. The van der Waals surface area contributed by atoms with Crippen molar-refractivity contribution in [3.8, 4) is 0 Å². The average Bonchev–Trinajstić information content (AvgIpc) is 3.37. The fourth-order valence-electron chi connectivity index (χ4n) is 4.03. The van der Waals surface area contributed by atoms with Gasteiger partial charge in [-0.05, 0) is 76.0 Å². The number of aryl methyl sites for hydroxylation is 2. The Labute approximate surface area is 209 Å². The Morgan fingerprint density at radius 2 is 1.88 bits per heavy atom. The van der Waals surface area contributed by atoms with E-state index in [2.05, 4.69) is 21.6 Å². The molecule has 2 N–H and O–H groups in total. The topological polar surface area (TPSA) is 86.9 Å². The SMILES string of the molecule is CCNC(=NCc1ccc(S(C)(=O)=O)c(C)c1)NCC(c1ccc(C)o1)N1CCCC1.I. The van der Waals surface area contributed by atoms with Crippen LogP contribution in [0.15, 0.2) is 44.6 Å². The maximum atomic E-state index is 11.8. The Bertz CT molecular complexity index is 1010. The van der Waals surface area contributed by atoms with E-state index in [0.29, 0.717) is 18.0 Å². The van der Waals surface area contributed by atoms with Crippen LogP contribution in [0.1, 0.15) is 48.5 Å². The summed E-state index contributed by atoms with van der Waals surface area (Å²) in [5.41, 5.74) is 1.72. The highest BCUT2D eigenvalue weighted by atomic mass is 127. The maximum Gasteiger partial charge on any atom is 0.191 e. The lowest BCUT2D eigenvalue weighted by Gasteiger charge is -2.26. The highest BCUT2D eigenvalue weighted by Crippen LogP contribution is 2.26. The van der Waals surface area contributed by atoms with Crippen molar-refractivity contribution in [2.24, 2.45) is 4.99 Å². The van der Waals surface area contributed by atoms with Crippen LogP contribution in [-0.2, 0) is 16.4 Å². The number of rotatable bonds is 8. The van der Waals surface area contributed by atoms with Gasteiger partial charge in [0.05, 0.1) is 17.5 Å². The lowest BCUT2D eigenvalue weighted by Crippen LogP contribution is -2.42. The molecule has 1 unspecified atom stereocenters. The number of benzene rings is 1. The number of nitrogens with one attached hydrogen (secondary N) is 2. The van der Waals surface area contributed by atoms with E-state index < -0.39 is 9.84 Å². The second-order valence-electron chi connectivity index (χ2n) is 8.16. The number of hydrogen-bond donors (Lipinski definition) is 2. The Morgan fingerprint density at radius 1 is 1.16 bits per heavy atom. The highest BCUT2D eigenvalue weighted by Gasteiger charge is 2.26. The zero-order valence-corrected chi connectivity index (χ0v) is 22.5. The molecular weight excluding hydrogens is 539 g/mol. The van der Waals surface area contributed by atoms with E-state index in [-0.39, 0.29) is 30.0 Å². The van der Waals surface area contributed by atoms with Crippen molar-refractivity contribution in [3.63, 3.8) is 0 Å². The summed E-state index contributed by atoms with van der Waals surface area (Å²) in [6.45, 7) is 9.90. The van der Waals surface area contributed by atoms with Crippen LogP contribution in [0.2, 0.25) is 0 Å². The summed E-state index contributed by atoms with van der Waals surface area (Å²) in [4.78, 5) is 7.54. The predicted octanol–water partition coefficient (Wildman–Crippen LogP) is 3.81. The molecule has 1 saturated heterocycles. The van der Waals surface area contributed by atoms with Gasteiger partial charge in [-0.3, -0.25) is 4.90 Å². The van der Waals surface area contributed by atoms with E-state index >= 15 is 0 Å². The molecule has 1 aromatic carbocycles. The predicted molar refractivity (Wildman–Crippen MR) is 140 cm³/mol. The van der Waals surface area contributed by atoms with Crippen molar-refractivity contribution < 1.29 is 12.8 Å². The molecule has 1 aliphatic heterocycles. The minimum atomic E-state index is -3.22. The van der Waals surface area contributed by atoms with Crippen LogP contribution in [0.3, 0.4) is 0 Å². The van der Waals surface area contributed by atoms with Crippen LogP contribution in [0, 0.1) is 13.8 Å². The van der Waals surface area contributed by atoms with Crippen molar-refractivity contribution in [2.45, 2.75) is 51.1 Å². The van der Waals surface area contributed by atoms with Gasteiger partial charge in [0.2, 0.25) is 0 Å². The van der Waals surface area contributed by atoms with E-state index in [1.54, 1.807) is 6.07 Å². The van der Waals surface area contributed by atoms with Crippen LogP contribution in [-0.4, -0.2) is 51.7 Å². The number of nitrogens with zero attached hydrogens (tertiary/aromatic N) is 2. The van der Waals surface area contributed by atoms with Gasteiger partial charge in [-0.15, -0.1) is 24.0 Å². The average molecular weight is 575 g/mol. The van der Waals surface area contributed by atoms with Crippen LogP contribution in [0.5, 0.6) is 0 Å². The summed E-state index contributed by atoms with van der Waals surface area (Å²) in [5.74, 6) is 2.64. The molecular formula is C23H35IN4O3S. The normalized spacial score (nSPS) is 15.9. The third kappa shape index (κ3) is 7.21. The molecule has 0 spiro atoms. The van der Waals surface area contributed by atoms with Gasteiger partial charge in [0.15, 0.2) is 15.8 Å². The summed E-state index contributed by atoms with van der Waals surface area (Å²) >= 11 is 0. The van der Waals surface area contributed by atoms with Crippen LogP contribution in [0.4, 0.5) is 0 Å². The number of furan rings is 1. The first-order chi connectivity index (χ1) is 14.8. The molecule has 1 fully saturated rings. The second kappa shape index (κ2) is 12.0. The lowest BCUT2D eigenvalue weighted by molar-refractivity contribution is 0.213. The first-order valence-electron chi connectivity index (χ1n) is 10.9. The molecule has 0 amide bonds. The summed E-state index contributed by atoms with van der Waals surface area (Å²) in [5, 5.41) is 6.77. The minimum Gasteiger partial charge on any atom is -0.465 e. The molecule has 178 valence electrons. The van der Waals surface area contributed by atoms with E-state index in [9.17, 15) is 8.42 Å². The molecule has 32 heavy (non-hydrogen) atoms. The quantitative estimate of drug-likeness (QED) is 0.284. The number of hydrogen-bond acceptors (Lipinski definition) is 5. The summed E-state index contributed by atoms with van der Waals surface area (Å²) in [6, 6.07) is 9.63. The molecule has 9 heteroatoms. The molecule has 0 radical (unpaired) electrons. The van der Waals surface area contributed by atoms with Crippen molar-refractivity contribution >= 4 is 39.8 Å². The fourth-order valence-corrected chi connectivity index (χ4v) is 4.99.